The molecule has 1 atom stereocenters. The fraction of sp³-hybridized carbons (Fsp3) is 0.500. The lowest BCUT2D eigenvalue weighted by molar-refractivity contribution is 0.0586. The van der Waals surface area contributed by atoms with Crippen molar-refractivity contribution in [3.63, 3.8) is 0 Å². The maximum atomic E-state index is 13.6. The molecule has 0 saturated carbocycles. The van der Waals surface area contributed by atoms with Crippen LogP contribution in [0.1, 0.15) is 5.56 Å². The van der Waals surface area contributed by atoms with E-state index in [1.165, 1.54) is 6.07 Å². The highest BCUT2D eigenvalue weighted by molar-refractivity contribution is 9.10. The molecule has 1 rings (SSSR count). The first kappa shape index (κ1) is 15.5. The molecule has 0 aliphatic carbocycles. The van der Waals surface area contributed by atoms with E-state index >= 15 is 0 Å². The Hall–Kier alpha value is -0.530. The molecule has 0 aromatic heterocycles. The van der Waals surface area contributed by atoms with Gasteiger partial charge in [-0.1, -0.05) is 15.9 Å². The van der Waals surface area contributed by atoms with Crippen molar-refractivity contribution in [2.75, 3.05) is 26.9 Å². The maximum absolute atomic E-state index is 13.6. The molecule has 0 saturated heterocycles. The van der Waals surface area contributed by atoms with Crippen molar-refractivity contribution in [3.05, 3.63) is 34.1 Å². The Morgan fingerprint density at radius 1 is 1.44 bits per heavy atom. The second-order valence-corrected chi connectivity index (χ2v) is 4.79. The highest BCUT2D eigenvalue weighted by atomic mass is 79.9. The number of nitrogens with two attached hydrogens (primary N) is 1. The van der Waals surface area contributed by atoms with Gasteiger partial charge in [0.1, 0.15) is 5.82 Å². The maximum Gasteiger partial charge on any atom is 0.126 e. The van der Waals surface area contributed by atoms with Crippen LogP contribution < -0.4 is 11.3 Å². The first-order chi connectivity index (χ1) is 8.67. The molecular formula is C12H18BrFN2O2. The molecule has 0 heterocycles. The summed E-state index contributed by atoms with van der Waals surface area (Å²) in [4.78, 5) is 0. The van der Waals surface area contributed by atoms with Crippen molar-refractivity contribution in [2.24, 2.45) is 5.84 Å². The Labute approximate surface area is 115 Å². The van der Waals surface area contributed by atoms with Crippen molar-refractivity contribution < 1.29 is 13.9 Å². The van der Waals surface area contributed by atoms with Crippen molar-refractivity contribution in [1.82, 2.24) is 5.43 Å². The lowest BCUT2D eigenvalue weighted by atomic mass is 10.1. The zero-order valence-corrected chi connectivity index (χ0v) is 11.9. The highest BCUT2D eigenvalue weighted by Crippen LogP contribution is 2.17. The SMILES string of the molecule is COCCOCC(Cc1cc(Br)ccc1F)NN. The Bertz CT molecular complexity index is 366. The van der Waals surface area contributed by atoms with Crippen LogP contribution in [0.3, 0.4) is 0 Å². The van der Waals surface area contributed by atoms with E-state index in [4.69, 9.17) is 15.3 Å². The zero-order valence-electron chi connectivity index (χ0n) is 10.3. The number of methoxy groups -OCH3 is 1. The normalized spacial score (nSPS) is 12.7. The topological polar surface area (TPSA) is 56.5 Å². The summed E-state index contributed by atoms with van der Waals surface area (Å²) in [6.45, 7) is 1.43. The average Bonchev–Trinajstić information content (AvgIpc) is 2.37. The van der Waals surface area contributed by atoms with Crippen molar-refractivity contribution in [1.29, 1.82) is 0 Å². The number of hydrazine groups is 1. The van der Waals surface area contributed by atoms with E-state index in [2.05, 4.69) is 21.4 Å². The quantitative estimate of drug-likeness (QED) is 0.434. The highest BCUT2D eigenvalue weighted by Gasteiger charge is 2.11. The third kappa shape index (κ3) is 5.41. The number of rotatable bonds is 8. The molecule has 0 fully saturated rings. The van der Waals surface area contributed by atoms with Gasteiger partial charge in [-0.05, 0) is 30.2 Å². The van der Waals surface area contributed by atoms with E-state index in [-0.39, 0.29) is 11.9 Å². The molecule has 0 amide bonds. The van der Waals surface area contributed by atoms with Gasteiger partial charge in [0.15, 0.2) is 0 Å². The summed E-state index contributed by atoms with van der Waals surface area (Å²) in [5.74, 6) is 5.19. The van der Waals surface area contributed by atoms with Gasteiger partial charge in [-0.25, -0.2) is 4.39 Å². The van der Waals surface area contributed by atoms with Gasteiger partial charge in [-0.15, -0.1) is 0 Å². The lowest BCUT2D eigenvalue weighted by Gasteiger charge is -2.16. The predicted octanol–water partition coefficient (Wildman–Crippen LogP) is 1.63. The van der Waals surface area contributed by atoms with Gasteiger partial charge >= 0.3 is 0 Å². The fourth-order valence-electron chi connectivity index (χ4n) is 1.50. The number of hydrogen-bond donors (Lipinski definition) is 2. The molecule has 0 aliphatic heterocycles. The van der Waals surface area contributed by atoms with Crippen LogP contribution in [-0.2, 0) is 15.9 Å². The summed E-state index contributed by atoms with van der Waals surface area (Å²) in [5.41, 5.74) is 3.23. The minimum absolute atomic E-state index is 0.134. The Kier molecular flexibility index (Phi) is 7.38. The summed E-state index contributed by atoms with van der Waals surface area (Å²) in [6.07, 6.45) is 0.467. The second kappa shape index (κ2) is 8.55. The second-order valence-electron chi connectivity index (χ2n) is 3.87. The Balaban J connectivity index is 2.48. The van der Waals surface area contributed by atoms with Crippen LogP contribution in [0.4, 0.5) is 4.39 Å². The predicted molar refractivity (Wildman–Crippen MR) is 71.6 cm³/mol. The molecule has 1 aromatic carbocycles. The largest absolute Gasteiger partial charge is 0.382 e. The van der Waals surface area contributed by atoms with Crippen LogP contribution in [0, 0.1) is 5.82 Å². The van der Waals surface area contributed by atoms with Gasteiger partial charge in [0, 0.05) is 17.6 Å². The summed E-state index contributed by atoms with van der Waals surface area (Å²) in [7, 11) is 1.61. The standard InChI is InChI=1S/C12H18BrFN2O2/c1-17-4-5-18-8-11(16-15)7-9-6-10(13)2-3-12(9)14/h2-3,6,11,16H,4-5,7-8,15H2,1H3. The number of halogens is 2. The van der Waals surface area contributed by atoms with Crippen LogP contribution in [0.15, 0.2) is 22.7 Å². The van der Waals surface area contributed by atoms with E-state index in [9.17, 15) is 4.39 Å². The van der Waals surface area contributed by atoms with Crippen molar-refractivity contribution in [3.8, 4) is 0 Å². The van der Waals surface area contributed by atoms with E-state index in [1.807, 2.05) is 0 Å². The summed E-state index contributed by atoms with van der Waals surface area (Å²) < 4.78 is 24.6. The lowest BCUT2D eigenvalue weighted by Crippen LogP contribution is -2.40. The van der Waals surface area contributed by atoms with Gasteiger partial charge < -0.3 is 9.47 Å². The number of benzene rings is 1. The summed E-state index contributed by atoms with van der Waals surface area (Å²) >= 11 is 3.32. The molecule has 0 bridgehead atoms. The molecule has 1 aromatic rings. The molecule has 4 nitrogen and oxygen atoms in total. The third-order valence-electron chi connectivity index (χ3n) is 2.46. The third-order valence-corrected chi connectivity index (χ3v) is 2.95. The Morgan fingerprint density at radius 2 is 2.22 bits per heavy atom. The van der Waals surface area contributed by atoms with E-state index in [0.717, 1.165) is 4.47 Å². The van der Waals surface area contributed by atoms with Crippen molar-refractivity contribution in [2.45, 2.75) is 12.5 Å². The average molecular weight is 321 g/mol. The molecule has 102 valence electrons. The van der Waals surface area contributed by atoms with Crippen molar-refractivity contribution >= 4 is 15.9 Å². The van der Waals surface area contributed by atoms with Crippen LogP contribution in [0.2, 0.25) is 0 Å². The van der Waals surface area contributed by atoms with Gasteiger partial charge in [0.05, 0.1) is 19.8 Å². The monoisotopic (exact) mass is 320 g/mol. The molecule has 18 heavy (non-hydrogen) atoms. The number of nitrogens with one attached hydrogen (secondary N) is 1. The van der Waals surface area contributed by atoms with Crippen LogP contribution in [0.25, 0.3) is 0 Å². The zero-order chi connectivity index (χ0) is 13.4. The van der Waals surface area contributed by atoms with Crippen LogP contribution >= 0.6 is 15.9 Å². The van der Waals surface area contributed by atoms with Crippen LogP contribution in [-0.4, -0.2) is 33.0 Å². The molecule has 0 aliphatic rings. The van der Waals surface area contributed by atoms with E-state index < -0.39 is 0 Å². The molecular weight excluding hydrogens is 303 g/mol. The molecule has 0 spiro atoms. The number of ether oxygens (including phenoxy) is 2. The fourth-order valence-corrected chi connectivity index (χ4v) is 1.91. The molecule has 6 heteroatoms. The minimum atomic E-state index is -0.240. The first-order valence-corrected chi connectivity index (χ1v) is 6.43. The molecule has 3 N–H and O–H groups in total. The summed E-state index contributed by atoms with van der Waals surface area (Å²) in [6, 6.07) is 4.71. The van der Waals surface area contributed by atoms with Crippen LogP contribution in [0.5, 0.6) is 0 Å². The number of hydrogen-bond acceptors (Lipinski definition) is 4. The summed E-state index contributed by atoms with van der Waals surface area (Å²) in [5, 5.41) is 0. The van der Waals surface area contributed by atoms with Gasteiger partial charge in [0.2, 0.25) is 0 Å². The Morgan fingerprint density at radius 3 is 2.89 bits per heavy atom. The molecule has 0 radical (unpaired) electrons. The molecule has 1 unspecified atom stereocenters. The van der Waals surface area contributed by atoms with Gasteiger partial charge in [-0.3, -0.25) is 11.3 Å². The van der Waals surface area contributed by atoms with E-state index in [1.54, 1.807) is 19.2 Å². The van der Waals surface area contributed by atoms with E-state index in [0.29, 0.717) is 31.8 Å². The smallest absolute Gasteiger partial charge is 0.126 e. The first-order valence-electron chi connectivity index (χ1n) is 5.64. The van der Waals surface area contributed by atoms with Gasteiger partial charge in [-0.2, -0.15) is 0 Å². The van der Waals surface area contributed by atoms with Gasteiger partial charge in [0.25, 0.3) is 0 Å². The minimum Gasteiger partial charge on any atom is -0.382 e.